The van der Waals surface area contributed by atoms with Gasteiger partial charge in [0.2, 0.25) is 0 Å². The minimum absolute atomic E-state index is 0.0463. The molecule has 0 saturated carbocycles. The van der Waals surface area contributed by atoms with Crippen LogP contribution >= 0.6 is 15.9 Å². The Labute approximate surface area is 201 Å². The van der Waals surface area contributed by atoms with Gasteiger partial charge < -0.3 is 24.5 Å². The van der Waals surface area contributed by atoms with Gasteiger partial charge in [-0.2, -0.15) is 0 Å². The summed E-state index contributed by atoms with van der Waals surface area (Å²) in [6, 6.07) is 12.0. The quantitative estimate of drug-likeness (QED) is 0.520. The molecular weight excluding hydrogens is 486 g/mol. The van der Waals surface area contributed by atoms with E-state index in [-0.39, 0.29) is 23.9 Å². The molecule has 1 unspecified atom stereocenters. The molecule has 3 aromatic rings. The molecule has 2 N–H and O–H groups in total. The predicted octanol–water partition coefficient (Wildman–Crippen LogP) is 3.88. The number of aromatic amines is 1. The van der Waals surface area contributed by atoms with Gasteiger partial charge in [-0.3, -0.25) is 4.57 Å². The number of benzene rings is 2. The van der Waals surface area contributed by atoms with Gasteiger partial charge in [0.15, 0.2) is 11.5 Å². The normalized spacial score (nSPS) is 19.4. The fraction of sp³-hybridized carbons (Fsp3) is 0.480. The molecule has 3 heterocycles. The zero-order valence-electron chi connectivity index (χ0n) is 19.0. The highest BCUT2D eigenvalue weighted by molar-refractivity contribution is 9.10. The van der Waals surface area contributed by atoms with E-state index < -0.39 is 6.10 Å². The number of nitrogens with zero attached hydrogens (tertiary/aromatic N) is 2. The molecule has 7 nitrogen and oxygen atoms in total. The van der Waals surface area contributed by atoms with Crippen molar-refractivity contribution in [2.75, 3.05) is 26.2 Å². The van der Waals surface area contributed by atoms with Crippen LogP contribution in [0.15, 0.2) is 45.7 Å². The molecule has 1 fully saturated rings. The van der Waals surface area contributed by atoms with Crippen molar-refractivity contribution in [3.8, 4) is 11.5 Å². The average Bonchev–Trinajstić information content (AvgIpc) is 3.26. The number of aliphatic hydroxyl groups is 1. The number of imidazole rings is 1. The van der Waals surface area contributed by atoms with Crippen molar-refractivity contribution >= 4 is 27.0 Å². The van der Waals surface area contributed by atoms with E-state index in [4.69, 9.17) is 9.47 Å². The molecule has 0 radical (unpaired) electrons. The number of H-pyrrole nitrogens is 1. The van der Waals surface area contributed by atoms with Crippen LogP contribution in [-0.4, -0.2) is 57.5 Å². The van der Waals surface area contributed by atoms with Gasteiger partial charge in [-0.15, -0.1) is 0 Å². The summed E-state index contributed by atoms with van der Waals surface area (Å²) < 4.78 is 14.9. The summed E-state index contributed by atoms with van der Waals surface area (Å²) in [6.07, 6.45) is 1.96. The highest BCUT2D eigenvalue weighted by atomic mass is 79.9. The maximum absolute atomic E-state index is 12.5. The molecule has 1 saturated heterocycles. The van der Waals surface area contributed by atoms with Gasteiger partial charge in [-0.1, -0.05) is 28.1 Å². The zero-order valence-corrected chi connectivity index (χ0v) is 20.6. The second-order valence-electron chi connectivity index (χ2n) is 9.74. The third-order valence-corrected chi connectivity index (χ3v) is 7.00. The smallest absolute Gasteiger partial charge is 0.326 e. The van der Waals surface area contributed by atoms with Gasteiger partial charge >= 0.3 is 5.69 Å². The minimum atomic E-state index is -0.610. The molecule has 2 aromatic carbocycles. The maximum atomic E-state index is 12.5. The monoisotopic (exact) mass is 515 g/mol. The molecule has 1 atom stereocenters. The third kappa shape index (κ3) is 4.69. The zero-order chi connectivity index (χ0) is 23.2. The molecule has 33 heavy (non-hydrogen) atoms. The first-order valence-corrected chi connectivity index (χ1v) is 12.3. The van der Waals surface area contributed by atoms with Gasteiger partial charge in [-0.05, 0) is 51.0 Å². The summed E-state index contributed by atoms with van der Waals surface area (Å²) in [5.74, 6) is 1.45. The Bertz CT molecular complexity index is 1210. The van der Waals surface area contributed by atoms with E-state index in [0.29, 0.717) is 12.3 Å². The summed E-state index contributed by atoms with van der Waals surface area (Å²) >= 11 is 3.55. The number of fused-ring (bicyclic) bond motifs is 2. The van der Waals surface area contributed by atoms with Crippen LogP contribution in [0.3, 0.4) is 0 Å². The van der Waals surface area contributed by atoms with E-state index >= 15 is 0 Å². The van der Waals surface area contributed by atoms with Crippen molar-refractivity contribution in [3.05, 3.63) is 56.9 Å². The number of ether oxygens (including phenoxy) is 2. The lowest BCUT2D eigenvalue weighted by molar-refractivity contribution is 0.0536. The van der Waals surface area contributed by atoms with Crippen LogP contribution in [0.5, 0.6) is 11.5 Å². The second-order valence-corrected chi connectivity index (χ2v) is 10.7. The standard InChI is InChI=1S/C25H30BrN3O4/c1-25(2)13-16-11-17(26)12-22(23(16)33-25)32-15-19(30)14-28-9-7-18(8-10-28)29-21-6-4-3-5-20(21)27-24(29)31/h3-6,11-12,18-19,30H,7-10,13-15H2,1-2H3,(H,27,31). The number of halogens is 1. The number of β-amino-alcohol motifs (C(OH)–C–C–N with tert-alkyl or cyclic N) is 1. The SMILES string of the molecule is CC1(C)Cc2cc(Br)cc(OCC(O)CN3CCC(n4c(=O)[nH]c5ccccc54)CC3)c2O1. The topological polar surface area (TPSA) is 79.7 Å². The molecule has 0 bridgehead atoms. The predicted molar refractivity (Wildman–Crippen MR) is 131 cm³/mol. The lowest BCUT2D eigenvalue weighted by Gasteiger charge is -2.33. The van der Waals surface area contributed by atoms with Crippen LogP contribution in [0.4, 0.5) is 0 Å². The van der Waals surface area contributed by atoms with Crippen LogP contribution in [0, 0.1) is 0 Å². The van der Waals surface area contributed by atoms with Crippen LogP contribution < -0.4 is 15.2 Å². The van der Waals surface area contributed by atoms with Crippen molar-refractivity contribution in [3.63, 3.8) is 0 Å². The van der Waals surface area contributed by atoms with Gasteiger partial charge in [-0.25, -0.2) is 4.79 Å². The Kier molecular flexibility index (Phi) is 6.01. The first kappa shape index (κ1) is 22.5. The molecule has 5 rings (SSSR count). The number of para-hydroxylation sites is 2. The van der Waals surface area contributed by atoms with Crippen LogP contribution in [-0.2, 0) is 6.42 Å². The second kappa shape index (κ2) is 8.81. The van der Waals surface area contributed by atoms with Gasteiger partial charge in [0.05, 0.1) is 11.0 Å². The minimum Gasteiger partial charge on any atom is -0.487 e. The van der Waals surface area contributed by atoms with Crippen LogP contribution in [0.25, 0.3) is 11.0 Å². The van der Waals surface area contributed by atoms with Crippen molar-refractivity contribution in [1.29, 1.82) is 0 Å². The largest absolute Gasteiger partial charge is 0.487 e. The van der Waals surface area contributed by atoms with Crippen molar-refractivity contribution in [1.82, 2.24) is 14.5 Å². The van der Waals surface area contributed by atoms with E-state index in [1.54, 1.807) is 0 Å². The maximum Gasteiger partial charge on any atom is 0.326 e. The highest BCUT2D eigenvalue weighted by Gasteiger charge is 2.33. The number of piperidine rings is 1. The number of rotatable bonds is 6. The van der Waals surface area contributed by atoms with Gasteiger partial charge in [0.25, 0.3) is 0 Å². The van der Waals surface area contributed by atoms with Crippen molar-refractivity contribution in [2.45, 2.75) is 50.9 Å². The Balaban J connectivity index is 1.16. The number of aliphatic hydroxyl groups excluding tert-OH is 1. The van der Waals surface area contributed by atoms with E-state index in [9.17, 15) is 9.90 Å². The summed E-state index contributed by atoms with van der Waals surface area (Å²) in [5.41, 5.74) is 2.66. The fourth-order valence-corrected chi connectivity index (χ4v) is 5.57. The highest BCUT2D eigenvalue weighted by Crippen LogP contribution is 2.43. The summed E-state index contributed by atoms with van der Waals surface area (Å²) in [5, 5.41) is 10.6. The lowest BCUT2D eigenvalue weighted by atomic mass is 10.0. The number of hydrogen-bond donors (Lipinski definition) is 2. The third-order valence-electron chi connectivity index (χ3n) is 6.54. The van der Waals surface area contributed by atoms with E-state index in [1.807, 2.05) is 34.9 Å². The fourth-order valence-electron chi connectivity index (χ4n) is 5.08. The number of nitrogens with one attached hydrogen (secondary N) is 1. The molecule has 0 amide bonds. The van der Waals surface area contributed by atoms with Crippen LogP contribution in [0.2, 0.25) is 0 Å². The number of aromatic nitrogens is 2. The summed E-state index contributed by atoms with van der Waals surface area (Å²) in [7, 11) is 0. The van der Waals surface area contributed by atoms with Crippen LogP contribution in [0.1, 0.15) is 38.3 Å². The Hall–Kier alpha value is -2.29. The Morgan fingerprint density at radius 1 is 1.27 bits per heavy atom. The molecule has 0 spiro atoms. The van der Waals surface area contributed by atoms with E-state index in [1.165, 1.54) is 0 Å². The van der Waals surface area contributed by atoms with Crippen molar-refractivity contribution < 1.29 is 14.6 Å². The Morgan fingerprint density at radius 3 is 2.82 bits per heavy atom. The molecule has 1 aromatic heterocycles. The molecule has 176 valence electrons. The first-order chi connectivity index (χ1) is 15.8. The lowest BCUT2D eigenvalue weighted by Crippen LogP contribution is -2.42. The van der Waals surface area contributed by atoms with Gasteiger partial charge in [0, 0.05) is 42.1 Å². The molecule has 2 aliphatic heterocycles. The van der Waals surface area contributed by atoms with Gasteiger partial charge in [0.1, 0.15) is 18.3 Å². The average molecular weight is 516 g/mol. The molecule has 2 aliphatic rings. The molecule has 8 heteroatoms. The Morgan fingerprint density at radius 2 is 2.03 bits per heavy atom. The number of hydrogen-bond acceptors (Lipinski definition) is 5. The van der Waals surface area contributed by atoms with Crippen molar-refractivity contribution in [2.24, 2.45) is 0 Å². The number of likely N-dealkylation sites (tertiary alicyclic amines) is 1. The summed E-state index contributed by atoms with van der Waals surface area (Å²) in [6.45, 7) is 6.53. The molecule has 0 aliphatic carbocycles. The molecular formula is C25H30BrN3O4. The van der Waals surface area contributed by atoms with E-state index in [2.05, 4.69) is 45.7 Å². The van der Waals surface area contributed by atoms with E-state index in [0.717, 1.165) is 59.2 Å². The first-order valence-electron chi connectivity index (χ1n) is 11.5. The summed E-state index contributed by atoms with van der Waals surface area (Å²) in [4.78, 5) is 17.7.